The lowest BCUT2D eigenvalue weighted by Crippen LogP contribution is -2.40. The maximum absolute atomic E-state index is 12.3. The lowest BCUT2D eigenvalue weighted by Gasteiger charge is -2.25. The zero-order chi connectivity index (χ0) is 17.1. The van der Waals surface area contributed by atoms with Gasteiger partial charge in [0.25, 0.3) is 0 Å². The molecule has 0 spiro atoms. The molecule has 0 saturated carbocycles. The summed E-state index contributed by atoms with van der Waals surface area (Å²) in [6, 6.07) is 13.9. The molecular formula is C18H15BrO5. The minimum Gasteiger partial charge on any atom is -0.485 e. The van der Waals surface area contributed by atoms with Crippen LogP contribution >= 0.6 is 15.9 Å². The Morgan fingerprint density at radius 2 is 1.79 bits per heavy atom. The SMILES string of the molecule is C[C@H](OC(=O)[C@@H]1COc2ccccc2O1)C(=O)c1ccc(Br)cc1. The first-order chi connectivity index (χ1) is 11.5. The van der Waals surface area contributed by atoms with Crippen LogP contribution in [0.5, 0.6) is 11.5 Å². The third-order valence-electron chi connectivity index (χ3n) is 3.56. The molecule has 0 unspecified atom stereocenters. The number of esters is 1. The molecule has 1 heterocycles. The second-order valence-electron chi connectivity index (χ2n) is 5.31. The second-order valence-corrected chi connectivity index (χ2v) is 6.23. The standard InChI is InChI=1S/C18H15BrO5/c1-11(17(20)12-6-8-13(19)9-7-12)23-18(21)16-10-22-14-4-2-3-5-15(14)24-16/h2-9,11,16H,10H2,1H3/t11-,16-/m0/s1. The van der Waals surface area contributed by atoms with Crippen molar-refractivity contribution in [3.8, 4) is 11.5 Å². The summed E-state index contributed by atoms with van der Waals surface area (Å²) in [5.74, 6) is 0.175. The van der Waals surface area contributed by atoms with Crippen LogP contribution in [0.1, 0.15) is 17.3 Å². The Kier molecular flexibility index (Phi) is 4.85. The van der Waals surface area contributed by atoms with E-state index >= 15 is 0 Å². The van der Waals surface area contributed by atoms with E-state index in [1.807, 2.05) is 6.07 Å². The Hall–Kier alpha value is -2.34. The molecule has 6 heteroatoms. The van der Waals surface area contributed by atoms with Crippen molar-refractivity contribution in [2.75, 3.05) is 6.61 Å². The fourth-order valence-corrected chi connectivity index (χ4v) is 2.55. The van der Waals surface area contributed by atoms with Crippen LogP contribution in [-0.4, -0.2) is 30.6 Å². The number of ether oxygens (including phenoxy) is 3. The average molecular weight is 391 g/mol. The van der Waals surface area contributed by atoms with Gasteiger partial charge in [-0.05, 0) is 31.2 Å². The molecule has 24 heavy (non-hydrogen) atoms. The number of hydrogen-bond donors (Lipinski definition) is 0. The predicted molar refractivity (Wildman–Crippen MR) is 90.4 cm³/mol. The normalized spacial score (nSPS) is 17.0. The molecule has 0 saturated heterocycles. The van der Waals surface area contributed by atoms with Crippen LogP contribution in [0.15, 0.2) is 53.0 Å². The number of halogens is 1. The molecule has 0 bridgehead atoms. The second kappa shape index (κ2) is 7.05. The first-order valence-electron chi connectivity index (χ1n) is 7.43. The zero-order valence-corrected chi connectivity index (χ0v) is 14.5. The van der Waals surface area contributed by atoms with Gasteiger partial charge in [0, 0.05) is 10.0 Å². The molecule has 1 aliphatic rings. The number of hydrogen-bond acceptors (Lipinski definition) is 5. The Balaban J connectivity index is 1.62. The van der Waals surface area contributed by atoms with Crippen molar-refractivity contribution < 1.29 is 23.8 Å². The number of rotatable bonds is 4. The molecule has 0 aromatic heterocycles. The van der Waals surface area contributed by atoms with E-state index in [-0.39, 0.29) is 12.4 Å². The van der Waals surface area contributed by atoms with E-state index < -0.39 is 18.2 Å². The van der Waals surface area contributed by atoms with Crippen LogP contribution in [0.3, 0.4) is 0 Å². The molecule has 2 aromatic rings. The van der Waals surface area contributed by atoms with Crippen LogP contribution in [0.25, 0.3) is 0 Å². The van der Waals surface area contributed by atoms with Gasteiger partial charge >= 0.3 is 5.97 Å². The molecule has 124 valence electrons. The van der Waals surface area contributed by atoms with Gasteiger partial charge in [0.1, 0.15) is 6.61 Å². The molecule has 0 N–H and O–H groups in total. The maximum Gasteiger partial charge on any atom is 0.351 e. The van der Waals surface area contributed by atoms with Gasteiger partial charge in [-0.25, -0.2) is 4.79 Å². The quantitative estimate of drug-likeness (QED) is 0.591. The number of para-hydroxylation sites is 2. The van der Waals surface area contributed by atoms with E-state index in [0.717, 1.165) is 4.47 Å². The summed E-state index contributed by atoms with van der Waals surface area (Å²) in [6.45, 7) is 1.59. The topological polar surface area (TPSA) is 61.8 Å². The van der Waals surface area contributed by atoms with Gasteiger partial charge in [-0.1, -0.05) is 40.2 Å². The highest BCUT2D eigenvalue weighted by Crippen LogP contribution is 2.31. The molecular weight excluding hydrogens is 376 g/mol. The van der Waals surface area contributed by atoms with Crippen LogP contribution in [0, 0.1) is 0 Å². The summed E-state index contributed by atoms with van der Waals surface area (Å²) in [4.78, 5) is 24.5. The van der Waals surface area contributed by atoms with Crippen molar-refractivity contribution in [2.45, 2.75) is 19.1 Å². The molecule has 1 aliphatic heterocycles. The highest BCUT2D eigenvalue weighted by atomic mass is 79.9. The van der Waals surface area contributed by atoms with E-state index in [4.69, 9.17) is 14.2 Å². The van der Waals surface area contributed by atoms with Crippen LogP contribution in [0.4, 0.5) is 0 Å². The van der Waals surface area contributed by atoms with Crippen LogP contribution < -0.4 is 9.47 Å². The summed E-state index contributed by atoms with van der Waals surface area (Å²) >= 11 is 3.31. The third kappa shape index (κ3) is 3.59. The van der Waals surface area contributed by atoms with Gasteiger partial charge in [-0.3, -0.25) is 4.79 Å². The van der Waals surface area contributed by atoms with Gasteiger partial charge in [-0.15, -0.1) is 0 Å². The minimum atomic E-state index is -0.903. The fourth-order valence-electron chi connectivity index (χ4n) is 2.29. The van der Waals surface area contributed by atoms with Crippen molar-refractivity contribution >= 4 is 27.7 Å². The highest BCUT2D eigenvalue weighted by molar-refractivity contribution is 9.10. The summed E-state index contributed by atoms with van der Waals surface area (Å²) in [5.41, 5.74) is 0.477. The van der Waals surface area contributed by atoms with E-state index in [9.17, 15) is 9.59 Å². The summed E-state index contributed by atoms with van der Waals surface area (Å²) < 4.78 is 17.2. The number of ketones is 1. The maximum atomic E-state index is 12.3. The number of benzene rings is 2. The fraction of sp³-hybridized carbons (Fsp3) is 0.222. The Morgan fingerprint density at radius 1 is 1.12 bits per heavy atom. The van der Waals surface area contributed by atoms with E-state index in [1.54, 1.807) is 49.4 Å². The highest BCUT2D eigenvalue weighted by Gasteiger charge is 2.31. The molecule has 0 radical (unpaired) electrons. The molecule has 3 rings (SSSR count). The Labute approximate surface area is 147 Å². The summed E-state index contributed by atoms with van der Waals surface area (Å²) in [6.07, 6.45) is -1.79. The summed E-state index contributed by atoms with van der Waals surface area (Å²) in [5, 5.41) is 0. The largest absolute Gasteiger partial charge is 0.485 e. The van der Waals surface area contributed by atoms with Gasteiger partial charge in [-0.2, -0.15) is 0 Å². The molecule has 0 fully saturated rings. The van der Waals surface area contributed by atoms with Crippen molar-refractivity contribution in [3.05, 3.63) is 58.6 Å². The van der Waals surface area contributed by atoms with Gasteiger partial charge in [0.15, 0.2) is 17.6 Å². The van der Waals surface area contributed by atoms with Crippen molar-refractivity contribution in [3.63, 3.8) is 0 Å². The van der Waals surface area contributed by atoms with E-state index in [2.05, 4.69) is 15.9 Å². The molecule has 2 atom stereocenters. The van der Waals surface area contributed by atoms with Crippen LogP contribution in [0.2, 0.25) is 0 Å². The lowest BCUT2D eigenvalue weighted by molar-refractivity contribution is -0.157. The third-order valence-corrected chi connectivity index (χ3v) is 4.09. The van der Waals surface area contributed by atoms with E-state index in [1.165, 1.54) is 0 Å². The molecule has 0 aliphatic carbocycles. The smallest absolute Gasteiger partial charge is 0.351 e. The molecule has 2 aromatic carbocycles. The Bertz CT molecular complexity index is 756. The first kappa shape index (κ1) is 16.5. The van der Waals surface area contributed by atoms with Gasteiger partial charge < -0.3 is 14.2 Å². The number of carbonyl (C=O) groups is 2. The summed E-state index contributed by atoms with van der Waals surface area (Å²) in [7, 11) is 0. The van der Waals surface area contributed by atoms with Crippen LogP contribution in [-0.2, 0) is 9.53 Å². The number of carbonyl (C=O) groups excluding carboxylic acids is 2. The minimum absolute atomic E-state index is 0.0506. The predicted octanol–water partition coefficient (Wildman–Crippen LogP) is 3.40. The lowest BCUT2D eigenvalue weighted by atomic mass is 10.1. The zero-order valence-electron chi connectivity index (χ0n) is 12.9. The van der Waals surface area contributed by atoms with Crippen molar-refractivity contribution in [1.29, 1.82) is 0 Å². The molecule has 5 nitrogen and oxygen atoms in total. The Morgan fingerprint density at radius 3 is 2.50 bits per heavy atom. The van der Waals surface area contributed by atoms with Gasteiger partial charge in [0.2, 0.25) is 11.9 Å². The monoisotopic (exact) mass is 390 g/mol. The number of Topliss-reactive ketones (excluding diaryl/α,β-unsaturated/α-hetero) is 1. The average Bonchev–Trinajstić information content (AvgIpc) is 2.61. The van der Waals surface area contributed by atoms with Crippen molar-refractivity contribution in [1.82, 2.24) is 0 Å². The first-order valence-corrected chi connectivity index (χ1v) is 8.22. The molecule has 0 amide bonds. The van der Waals surface area contributed by atoms with Crippen molar-refractivity contribution in [2.24, 2.45) is 0 Å². The van der Waals surface area contributed by atoms with E-state index in [0.29, 0.717) is 17.1 Å². The number of fused-ring (bicyclic) bond motifs is 1. The van der Waals surface area contributed by atoms with Gasteiger partial charge in [0.05, 0.1) is 0 Å².